The van der Waals surface area contributed by atoms with Crippen LogP contribution in [0.4, 0.5) is 11.5 Å². The summed E-state index contributed by atoms with van der Waals surface area (Å²) in [7, 11) is 0. The number of aromatic carboxylic acids is 1. The van der Waals surface area contributed by atoms with Gasteiger partial charge < -0.3 is 10.4 Å². The van der Waals surface area contributed by atoms with Crippen molar-refractivity contribution < 1.29 is 9.90 Å². The highest BCUT2D eigenvalue weighted by Gasteiger charge is 2.06. The zero-order valence-electron chi connectivity index (χ0n) is 10.2. The molecule has 0 saturated carbocycles. The van der Waals surface area contributed by atoms with Crippen LogP contribution in [0.3, 0.4) is 0 Å². The van der Waals surface area contributed by atoms with Crippen molar-refractivity contribution in [1.82, 2.24) is 4.98 Å². The second-order valence-corrected chi connectivity index (χ2v) is 3.98. The number of aryl methyl sites for hydroxylation is 1. The van der Waals surface area contributed by atoms with Crippen LogP contribution in [0, 0.1) is 18.3 Å². The molecule has 1 aromatic carbocycles. The fourth-order valence-corrected chi connectivity index (χ4v) is 1.59. The zero-order valence-corrected chi connectivity index (χ0v) is 10.2. The first-order chi connectivity index (χ1) is 9.10. The zero-order chi connectivity index (χ0) is 13.8. The van der Waals surface area contributed by atoms with E-state index in [2.05, 4.69) is 16.4 Å². The number of nitrogens with one attached hydrogen (secondary N) is 1. The molecule has 94 valence electrons. The molecule has 0 spiro atoms. The second kappa shape index (κ2) is 5.19. The number of nitriles is 1. The molecule has 1 heterocycles. The van der Waals surface area contributed by atoms with E-state index in [4.69, 9.17) is 10.4 Å². The van der Waals surface area contributed by atoms with Gasteiger partial charge in [-0.2, -0.15) is 5.26 Å². The minimum atomic E-state index is -1.08. The number of anilines is 2. The standard InChI is InChI=1S/C14H11N3O2/c1-9-5-6-10(8-15)7-12(9)17-13-4-2-3-11(16-13)14(18)19/h2-7H,1H3,(H,16,17)(H,18,19). The number of carbonyl (C=O) groups is 1. The molecule has 0 saturated heterocycles. The van der Waals surface area contributed by atoms with Crippen LogP contribution in [0.1, 0.15) is 21.6 Å². The Balaban J connectivity index is 2.33. The number of nitrogens with zero attached hydrogens (tertiary/aromatic N) is 2. The van der Waals surface area contributed by atoms with Crippen molar-refractivity contribution >= 4 is 17.5 Å². The Morgan fingerprint density at radius 2 is 2.16 bits per heavy atom. The number of carboxylic acid groups (broad SMARTS) is 1. The minimum absolute atomic E-state index is 0.0286. The van der Waals surface area contributed by atoms with Crippen molar-refractivity contribution in [2.24, 2.45) is 0 Å². The second-order valence-electron chi connectivity index (χ2n) is 3.98. The molecule has 5 heteroatoms. The Morgan fingerprint density at radius 3 is 2.84 bits per heavy atom. The molecule has 0 fully saturated rings. The molecule has 0 atom stereocenters. The molecule has 0 aliphatic heterocycles. The third-order valence-electron chi connectivity index (χ3n) is 2.60. The minimum Gasteiger partial charge on any atom is -0.477 e. The van der Waals surface area contributed by atoms with Gasteiger partial charge in [0.15, 0.2) is 5.69 Å². The van der Waals surface area contributed by atoms with Gasteiger partial charge in [0, 0.05) is 5.69 Å². The molecule has 1 aromatic heterocycles. The van der Waals surface area contributed by atoms with Crippen molar-refractivity contribution in [3.63, 3.8) is 0 Å². The maximum atomic E-state index is 10.8. The van der Waals surface area contributed by atoms with E-state index in [0.29, 0.717) is 11.4 Å². The van der Waals surface area contributed by atoms with Crippen LogP contribution < -0.4 is 5.32 Å². The van der Waals surface area contributed by atoms with E-state index < -0.39 is 5.97 Å². The van der Waals surface area contributed by atoms with E-state index >= 15 is 0 Å². The first-order valence-electron chi connectivity index (χ1n) is 5.58. The van der Waals surface area contributed by atoms with Gasteiger partial charge in [-0.05, 0) is 36.8 Å². The summed E-state index contributed by atoms with van der Waals surface area (Å²) >= 11 is 0. The van der Waals surface area contributed by atoms with Gasteiger partial charge in [0.2, 0.25) is 0 Å². The Bertz CT molecular complexity index is 675. The predicted molar refractivity (Wildman–Crippen MR) is 70.4 cm³/mol. The average molecular weight is 253 g/mol. The van der Waals surface area contributed by atoms with Crippen molar-refractivity contribution in [2.75, 3.05) is 5.32 Å². The van der Waals surface area contributed by atoms with Crippen LogP contribution in [0.2, 0.25) is 0 Å². The highest BCUT2D eigenvalue weighted by atomic mass is 16.4. The highest BCUT2D eigenvalue weighted by molar-refractivity contribution is 5.85. The van der Waals surface area contributed by atoms with E-state index in [1.54, 1.807) is 24.3 Å². The maximum absolute atomic E-state index is 10.8. The Kier molecular flexibility index (Phi) is 3.44. The maximum Gasteiger partial charge on any atom is 0.354 e. The molecule has 2 rings (SSSR count). The number of hydrogen-bond donors (Lipinski definition) is 2. The summed E-state index contributed by atoms with van der Waals surface area (Å²) in [5, 5.41) is 20.8. The molecule has 0 bridgehead atoms. The lowest BCUT2D eigenvalue weighted by Crippen LogP contribution is -2.03. The van der Waals surface area contributed by atoms with Crippen LogP contribution in [-0.2, 0) is 0 Å². The van der Waals surface area contributed by atoms with E-state index in [1.165, 1.54) is 6.07 Å². The molecule has 0 aliphatic rings. The van der Waals surface area contributed by atoms with Crippen molar-refractivity contribution in [2.45, 2.75) is 6.92 Å². The molecule has 0 aliphatic carbocycles. The molecular weight excluding hydrogens is 242 g/mol. The monoisotopic (exact) mass is 253 g/mol. The van der Waals surface area contributed by atoms with Gasteiger partial charge in [-0.25, -0.2) is 9.78 Å². The van der Waals surface area contributed by atoms with Crippen LogP contribution in [0.15, 0.2) is 36.4 Å². The molecule has 2 aromatic rings. The quantitative estimate of drug-likeness (QED) is 0.878. The smallest absolute Gasteiger partial charge is 0.354 e. The van der Waals surface area contributed by atoms with Crippen LogP contribution in [0.5, 0.6) is 0 Å². The van der Waals surface area contributed by atoms with Crippen molar-refractivity contribution in [3.05, 3.63) is 53.2 Å². The Labute approximate surface area is 110 Å². The van der Waals surface area contributed by atoms with E-state index in [9.17, 15) is 4.79 Å². The fourth-order valence-electron chi connectivity index (χ4n) is 1.59. The summed E-state index contributed by atoms with van der Waals surface area (Å²) in [6, 6.07) is 12.0. The van der Waals surface area contributed by atoms with Crippen LogP contribution >= 0.6 is 0 Å². The third-order valence-corrected chi connectivity index (χ3v) is 2.60. The molecule has 0 radical (unpaired) electrons. The lowest BCUT2D eigenvalue weighted by molar-refractivity contribution is 0.0690. The van der Waals surface area contributed by atoms with Gasteiger partial charge in [-0.1, -0.05) is 12.1 Å². The van der Waals surface area contributed by atoms with E-state index in [1.807, 2.05) is 13.0 Å². The number of carboxylic acids is 1. The van der Waals surface area contributed by atoms with Gasteiger partial charge in [0.25, 0.3) is 0 Å². The predicted octanol–water partition coefficient (Wildman–Crippen LogP) is 2.70. The van der Waals surface area contributed by atoms with Crippen LogP contribution in [0.25, 0.3) is 0 Å². The third kappa shape index (κ3) is 2.87. The summed E-state index contributed by atoms with van der Waals surface area (Å²) in [5.41, 5.74) is 2.18. The summed E-state index contributed by atoms with van der Waals surface area (Å²) in [4.78, 5) is 14.8. The molecule has 19 heavy (non-hydrogen) atoms. The normalized spacial score (nSPS) is 9.68. The number of hydrogen-bond acceptors (Lipinski definition) is 4. The lowest BCUT2D eigenvalue weighted by Gasteiger charge is -2.09. The van der Waals surface area contributed by atoms with Crippen molar-refractivity contribution in [3.8, 4) is 6.07 Å². The topological polar surface area (TPSA) is 86.0 Å². The van der Waals surface area contributed by atoms with Gasteiger partial charge in [0.1, 0.15) is 5.82 Å². The molecule has 0 amide bonds. The Hall–Kier alpha value is -2.87. The first kappa shape index (κ1) is 12.6. The highest BCUT2D eigenvalue weighted by Crippen LogP contribution is 2.20. The number of aromatic nitrogens is 1. The van der Waals surface area contributed by atoms with Gasteiger partial charge in [0.05, 0.1) is 11.6 Å². The van der Waals surface area contributed by atoms with Gasteiger partial charge >= 0.3 is 5.97 Å². The molecular formula is C14H11N3O2. The summed E-state index contributed by atoms with van der Waals surface area (Å²) in [6.07, 6.45) is 0. The number of rotatable bonds is 3. The first-order valence-corrected chi connectivity index (χ1v) is 5.58. The van der Waals surface area contributed by atoms with E-state index in [0.717, 1.165) is 11.3 Å². The largest absolute Gasteiger partial charge is 0.477 e. The molecule has 2 N–H and O–H groups in total. The number of pyridine rings is 1. The van der Waals surface area contributed by atoms with Crippen LogP contribution in [-0.4, -0.2) is 16.1 Å². The molecule has 0 unspecified atom stereocenters. The lowest BCUT2D eigenvalue weighted by atomic mass is 10.1. The Morgan fingerprint density at radius 1 is 1.37 bits per heavy atom. The summed E-state index contributed by atoms with van der Waals surface area (Å²) in [6.45, 7) is 1.89. The van der Waals surface area contributed by atoms with E-state index in [-0.39, 0.29) is 5.69 Å². The summed E-state index contributed by atoms with van der Waals surface area (Å²) < 4.78 is 0. The number of benzene rings is 1. The fraction of sp³-hybridized carbons (Fsp3) is 0.0714. The van der Waals surface area contributed by atoms with Gasteiger partial charge in [-0.15, -0.1) is 0 Å². The van der Waals surface area contributed by atoms with Gasteiger partial charge in [-0.3, -0.25) is 0 Å². The average Bonchev–Trinajstić information content (AvgIpc) is 2.41. The SMILES string of the molecule is Cc1ccc(C#N)cc1Nc1cccc(C(=O)O)n1. The molecule has 5 nitrogen and oxygen atoms in total. The van der Waals surface area contributed by atoms with Crippen molar-refractivity contribution in [1.29, 1.82) is 5.26 Å². The summed E-state index contributed by atoms with van der Waals surface area (Å²) in [5.74, 6) is -0.649.